The van der Waals surface area contributed by atoms with E-state index in [1.165, 1.54) is 0 Å². The van der Waals surface area contributed by atoms with E-state index < -0.39 is 0 Å². The molecular weight excluding hydrogens is 254 g/mol. The van der Waals surface area contributed by atoms with Crippen molar-refractivity contribution in [2.24, 2.45) is 5.92 Å². The first-order valence-corrected chi connectivity index (χ1v) is 6.57. The molecule has 4 nitrogen and oxygen atoms in total. The predicted octanol–water partition coefficient (Wildman–Crippen LogP) is 2.02. The zero-order chi connectivity index (χ0) is 15.0. The fraction of sp³-hybridized carbons (Fsp3) is 0.438. The summed E-state index contributed by atoms with van der Waals surface area (Å²) >= 11 is 0. The average Bonchev–Trinajstić information content (AvgIpc) is 2.44. The number of carbonyl (C=O) groups is 1. The van der Waals surface area contributed by atoms with Gasteiger partial charge in [0.05, 0.1) is 14.2 Å². The molecule has 0 aliphatic rings. The second kappa shape index (κ2) is 8.11. The van der Waals surface area contributed by atoms with E-state index in [1.54, 1.807) is 14.2 Å². The van der Waals surface area contributed by atoms with E-state index in [0.29, 0.717) is 18.0 Å². The van der Waals surface area contributed by atoms with Crippen LogP contribution in [0.25, 0.3) is 0 Å². The van der Waals surface area contributed by atoms with Gasteiger partial charge in [0, 0.05) is 12.5 Å². The lowest BCUT2D eigenvalue weighted by atomic mass is 10.1. The number of amides is 1. The minimum Gasteiger partial charge on any atom is -0.493 e. The Bertz CT molecular complexity index is 512. The van der Waals surface area contributed by atoms with Gasteiger partial charge in [-0.05, 0) is 30.0 Å². The molecule has 1 aromatic carbocycles. The van der Waals surface area contributed by atoms with Gasteiger partial charge in [0.2, 0.25) is 0 Å². The fourth-order valence-corrected chi connectivity index (χ4v) is 1.61. The van der Waals surface area contributed by atoms with E-state index in [4.69, 9.17) is 9.47 Å². The normalized spacial score (nSPS) is 9.65. The summed E-state index contributed by atoms with van der Waals surface area (Å²) in [7, 11) is 3.20. The first-order chi connectivity index (χ1) is 9.56. The standard InChI is InChI=1S/C16H21NO3/c1-12(2)5-8-16(18)17-10-9-13-6-7-14(19-3)15(11-13)20-4/h6-7,11-12H,9-10H2,1-4H3,(H,17,18). The van der Waals surface area contributed by atoms with Crippen molar-refractivity contribution in [3.8, 4) is 23.3 Å². The van der Waals surface area contributed by atoms with Crippen LogP contribution in [0.3, 0.4) is 0 Å². The van der Waals surface area contributed by atoms with Crippen molar-refractivity contribution in [2.75, 3.05) is 20.8 Å². The second-order valence-corrected chi connectivity index (χ2v) is 4.62. The maximum Gasteiger partial charge on any atom is 0.295 e. The maximum absolute atomic E-state index is 11.4. The highest BCUT2D eigenvalue weighted by molar-refractivity contribution is 5.93. The lowest BCUT2D eigenvalue weighted by Crippen LogP contribution is -2.24. The number of benzene rings is 1. The van der Waals surface area contributed by atoms with Gasteiger partial charge in [-0.25, -0.2) is 0 Å². The third kappa shape index (κ3) is 5.23. The fourth-order valence-electron chi connectivity index (χ4n) is 1.61. The number of ether oxygens (including phenoxy) is 2. The molecule has 0 aliphatic heterocycles. The number of hydrogen-bond donors (Lipinski definition) is 1. The van der Waals surface area contributed by atoms with Gasteiger partial charge in [-0.3, -0.25) is 4.79 Å². The summed E-state index contributed by atoms with van der Waals surface area (Å²) in [6, 6.07) is 5.71. The van der Waals surface area contributed by atoms with Crippen molar-refractivity contribution >= 4 is 5.91 Å². The van der Waals surface area contributed by atoms with Gasteiger partial charge in [0.25, 0.3) is 5.91 Å². The van der Waals surface area contributed by atoms with Crippen LogP contribution in [0.2, 0.25) is 0 Å². The van der Waals surface area contributed by atoms with Gasteiger partial charge in [0.1, 0.15) is 0 Å². The quantitative estimate of drug-likeness (QED) is 0.836. The molecule has 0 unspecified atom stereocenters. The van der Waals surface area contributed by atoms with Crippen LogP contribution in [-0.2, 0) is 11.2 Å². The van der Waals surface area contributed by atoms with E-state index in [-0.39, 0.29) is 11.8 Å². The summed E-state index contributed by atoms with van der Waals surface area (Å²) in [4.78, 5) is 11.4. The number of methoxy groups -OCH3 is 2. The van der Waals surface area contributed by atoms with Gasteiger partial charge in [-0.2, -0.15) is 0 Å². The van der Waals surface area contributed by atoms with E-state index in [2.05, 4.69) is 17.2 Å². The van der Waals surface area contributed by atoms with Crippen LogP contribution in [0.1, 0.15) is 19.4 Å². The topological polar surface area (TPSA) is 47.6 Å². The number of hydrogen-bond acceptors (Lipinski definition) is 3. The monoisotopic (exact) mass is 275 g/mol. The Hall–Kier alpha value is -2.15. The lowest BCUT2D eigenvalue weighted by Gasteiger charge is -2.09. The zero-order valence-electron chi connectivity index (χ0n) is 12.4. The molecule has 0 radical (unpaired) electrons. The first kappa shape index (κ1) is 15.9. The Kier molecular flexibility index (Phi) is 6.45. The molecule has 0 aromatic heterocycles. The van der Waals surface area contributed by atoms with Crippen LogP contribution in [-0.4, -0.2) is 26.7 Å². The van der Waals surface area contributed by atoms with Crippen molar-refractivity contribution in [1.29, 1.82) is 0 Å². The minimum absolute atomic E-state index is 0.201. The second-order valence-electron chi connectivity index (χ2n) is 4.62. The Labute approximate surface area is 120 Å². The molecule has 108 valence electrons. The van der Waals surface area contributed by atoms with Gasteiger partial charge < -0.3 is 14.8 Å². The molecule has 1 rings (SSSR count). The minimum atomic E-state index is -0.237. The predicted molar refractivity (Wildman–Crippen MR) is 78.9 cm³/mol. The summed E-state index contributed by atoms with van der Waals surface area (Å²) in [5.41, 5.74) is 1.07. The van der Waals surface area contributed by atoms with Gasteiger partial charge in [-0.15, -0.1) is 0 Å². The Morgan fingerprint density at radius 3 is 2.55 bits per heavy atom. The van der Waals surface area contributed by atoms with Crippen LogP contribution in [0.4, 0.5) is 0 Å². The molecule has 0 saturated carbocycles. The Morgan fingerprint density at radius 1 is 1.25 bits per heavy atom. The first-order valence-electron chi connectivity index (χ1n) is 6.57. The largest absolute Gasteiger partial charge is 0.493 e. The highest BCUT2D eigenvalue weighted by Gasteiger charge is 2.04. The van der Waals surface area contributed by atoms with E-state index >= 15 is 0 Å². The number of nitrogens with one attached hydrogen (secondary N) is 1. The van der Waals surface area contributed by atoms with Crippen LogP contribution in [0.5, 0.6) is 11.5 Å². The highest BCUT2D eigenvalue weighted by Crippen LogP contribution is 2.27. The molecule has 1 N–H and O–H groups in total. The molecule has 0 heterocycles. The van der Waals surface area contributed by atoms with Crippen LogP contribution in [0, 0.1) is 17.8 Å². The lowest BCUT2D eigenvalue weighted by molar-refractivity contribution is -0.115. The molecule has 0 atom stereocenters. The molecule has 0 aliphatic carbocycles. The molecule has 0 saturated heterocycles. The van der Waals surface area contributed by atoms with Gasteiger partial charge >= 0.3 is 0 Å². The molecule has 0 spiro atoms. The third-order valence-corrected chi connectivity index (χ3v) is 2.62. The van der Waals surface area contributed by atoms with Crippen molar-refractivity contribution < 1.29 is 14.3 Å². The summed E-state index contributed by atoms with van der Waals surface area (Å²) < 4.78 is 10.4. The average molecular weight is 275 g/mol. The molecule has 0 bridgehead atoms. The Morgan fingerprint density at radius 2 is 1.95 bits per heavy atom. The summed E-state index contributed by atoms with van der Waals surface area (Å²) in [5, 5.41) is 2.77. The number of carbonyl (C=O) groups excluding carboxylic acids is 1. The molecule has 4 heteroatoms. The number of rotatable bonds is 5. The maximum atomic E-state index is 11.4. The Balaban J connectivity index is 2.51. The SMILES string of the molecule is COc1ccc(CCNC(=O)C#CC(C)C)cc1OC. The van der Waals surface area contributed by atoms with Gasteiger partial charge in [0.15, 0.2) is 11.5 Å². The highest BCUT2D eigenvalue weighted by atomic mass is 16.5. The van der Waals surface area contributed by atoms with Crippen LogP contribution in [0.15, 0.2) is 18.2 Å². The molecule has 0 fully saturated rings. The van der Waals surface area contributed by atoms with Gasteiger partial charge in [-0.1, -0.05) is 25.8 Å². The summed E-state index contributed by atoms with van der Waals surface area (Å²) in [5.74, 6) is 6.74. The molecular formula is C16H21NO3. The molecule has 1 aromatic rings. The van der Waals surface area contributed by atoms with Crippen molar-refractivity contribution in [1.82, 2.24) is 5.32 Å². The zero-order valence-corrected chi connectivity index (χ0v) is 12.4. The van der Waals surface area contributed by atoms with Crippen LogP contribution < -0.4 is 14.8 Å². The van der Waals surface area contributed by atoms with Crippen molar-refractivity contribution in [3.05, 3.63) is 23.8 Å². The van der Waals surface area contributed by atoms with E-state index in [9.17, 15) is 4.79 Å². The third-order valence-electron chi connectivity index (χ3n) is 2.62. The van der Waals surface area contributed by atoms with Crippen molar-refractivity contribution in [2.45, 2.75) is 20.3 Å². The molecule has 20 heavy (non-hydrogen) atoms. The smallest absolute Gasteiger partial charge is 0.295 e. The van der Waals surface area contributed by atoms with E-state index in [0.717, 1.165) is 12.0 Å². The summed E-state index contributed by atoms with van der Waals surface area (Å²) in [6.07, 6.45) is 0.718. The molecule has 1 amide bonds. The van der Waals surface area contributed by atoms with Crippen molar-refractivity contribution in [3.63, 3.8) is 0 Å². The van der Waals surface area contributed by atoms with Crippen LogP contribution >= 0.6 is 0 Å². The summed E-state index contributed by atoms with van der Waals surface area (Å²) in [6.45, 7) is 4.44. The van der Waals surface area contributed by atoms with E-state index in [1.807, 2.05) is 32.0 Å².